The zero-order valence-corrected chi connectivity index (χ0v) is 11.3. The molecule has 1 aromatic carbocycles. The molecule has 1 heterocycles. The normalized spacial score (nSPS) is 20.9. The van der Waals surface area contributed by atoms with E-state index in [9.17, 15) is 4.79 Å². The first-order valence-corrected chi connectivity index (χ1v) is 7.06. The van der Waals surface area contributed by atoms with E-state index in [2.05, 4.69) is 4.90 Å². The lowest BCUT2D eigenvalue weighted by molar-refractivity contribution is -0.137. The lowest BCUT2D eigenvalue weighted by atomic mass is 10.2. The second kappa shape index (κ2) is 5.71. The fourth-order valence-electron chi connectivity index (χ4n) is 2.52. The molecule has 0 aromatic heterocycles. The van der Waals surface area contributed by atoms with Crippen LogP contribution >= 0.6 is 0 Å². The molecule has 0 bridgehead atoms. The molecule has 1 saturated carbocycles. The summed E-state index contributed by atoms with van der Waals surface area (Å²) < 4.78 is 11.6. The molecule has 1 N–H and O–H groups in total. The number of carboxylic acids is 1. The molecule has 5 nitrogen and oxygen atoms in total. The molecule has 0 saturated heterocycles. The van der Waals surface area contributed by atoms with Crippen molar-refractivity contribution in [2.45, 2.75) is 31.4 Å². The summed E-state index contributed by atoms with van der Waals surface area (Å²) in [6.45, 7) is 1.83. The van der Waals surface area contributed by atoms with Crippen molar-refractivity contribution in [2.75, 3.05) is 19.7 Å². The number of para-hydroxylation sites is 2. The molecule has 1 fully saturated rings. The summed E-state index contributed by atoms with van der Waals surface area (Å²) in [4.78, 5) is 12.9. The third kappa shape index (κ3) is 3.22. The van der Waals surface area contributed by atoms with Gasteiger partial charge in [0.2, 0.25) is 0 Å². The minimum absolute atomic E-state index is 0.0284. The lowest BCUT2D eigenvalue weighted by Crippen LogP contribution is -2.42. The molecule has 1 atom stereocenters. The van der Waals surface area contributed by atoms with Gasteiger partial charge in [0.25, 0.3) is 0 Å². The van der Waals surface area contributed by atoms with E-state index in [1.807, 2.05) is 24.3 Å². The summed E-state index contributed by atoms with van der Waals surface area (Å²) in [5, 5.41) is 8.82. The molecule has 1 aromatic rings. The first kappa shape index (κ1) is 13.2. The molecule has 0 radical (unpaired) electrons. The van der Waals surface area contributed by atoms with Crippen LogP contribution in [0.3, 0.4) is 0 Å². The smallest absolute Gasteiger partial charge is 0.304 e. The maximum Gasteiger partial charge on any atom is 0.304 e. The number of nitrogens with zero attached hydrogens (tertiary/aromatic N) is 1. The molecule has 108 valence electrons. The van der Waals surface area contributed by atoms with Crippen molar-refractivity contribution in [1.82, 2.24) is 4.90 Å². The maximum absolute atomic E-state index is 10.7. The fraction of sp³-hybridized carbons (Fsp3) is 0.533. The van der Waals surface area contributed by atoms with Crippen LogP contribution < -0.4 is 9.47 Å². The first-order chi connectivity index (χ1) is 9.72. The summed E-state index contributed by atoms with van der Waals surface area (Å²) in [5.41, 5.74) is 0. The SMILES string of the molecule is O=C(O)CCN(CC1COc2ccccc2O1)C1CC1. The van der Waals surface area contributed by atoms with Gasteiger partial charge in [-0.3, -0.25) is 9.69 Å². The van der Waals surface area contributed by atoms with Gasteiger partial charge in [-0.2, -0.15) is 0 Å². The number of hydrogen-bond donors (Lipinski definition) is 1. The van der Waals surface area contributed by atoms with Crippen molar-refractivity contribution in [3.63, 3.8) is 0 Å². The average Bonchev–Trinajstić information content (AvgIpc) is 3.27. The predicted molar refractivity (Wildman–Crippen MR) is 73.2 cm³/mol. The predicted octanol–water partition coefficient (Wildman–Crippen LogP) is 1.77. The van der Waals surface area contributed by atoms with Gasteiger partial charge in [0.05, 0.1) is 6.42 Å². The maximum atomic E-state index is 10.7. The summed E-state index contributed by atoms with van der Waals surface area (Å²) in [6, 6.07) is 8.17. The Kier molecular flexibility index (Phi) is 3.78. The number of carboxylic acid groups (broad SMARTS) is 1. The number of ether oxygens (including phenoxy) is 2. The van der Waals surface area contributed by atoms with Gasteiger partial charge in [0, 0.05) is 19.1 Å². The molecule has 0 amide bonds. The zero-order valence-electron chi connectivity index (χ0n) is 11.3. The van der Waals surface area contributed by atoms with Crippen molar-refractivity contribution in [2.24, 2.45) is 0 Å². The number of rotatable bonds is 6. The molecule has 5 heteroatoms. The Bertz CT molecular complexity index is 487. The number of aliphatic carboxylic acids is 1. The molecule has 1 aliphatic carbocycles. The van der Waals surface area contributed by atoms with E-state index in [-0.39, 0.29) is 12.5 Å². The summed E-state index contributed by atoms with van der Waals surface area (Å²) in [6.07, 6.45) is 2.47. The molecule has 0 spiro atoms. The lowest BCUT2D eigenvalue weighted by Gasteiger charge is -2.31. The van der Waals surface area contributed by atoms with Crippen LogP contribution in [0.25, 0.3) is 0 Å². The van der Waals surface area contributed by atoms with Crippen LogP contribution in [0.1, 0.15) is 19.3 Å². The quantitative estimate of drug-likeness (QED) is 0.858. The van der Waals surface area contributed by atoms with Gasteiger partial charge < -0.3 is 14.6 Å². The van der Waals surface area contributed by atoms with Gasteiger partial charge in [0.15, 0.2) is 11.5 Å². The second-order valence-corrected chi connectivity index (χ2v) is 5.37. The van der Waals surface area contributed by atoms with Crippen LogP contribution in [0, 0.1) is 0 Å². The monoisotopic (exact) mass is 277 g/mol. The van der Waals surface area contributed by atoms with E-state index < -0.39 is 5.97 Å². The van der Waals surface area contributed by atoms with Crippen LogP contribution in [-0.4, -0.2) is 47.8 Å². The van der Waals surface area contributed by atoms with Crippen LogP contribution in [0.5, 0.6) is 11.5 Å². The zero-order chi connectivity index (χ0) is 13.9. The van der Waals surface area contributed by atoms with Crippen LogP contribution in [0.15, 0.2) is 24.3 Å². The van der Waals surface area contributed by atoms with Gasteiger partial charge >= 0.3 is 5.97 Å². The van der Waals surface area contributed by atoms with E-state index in [1.165, 1.54) is 0 Å². The van der Waals surface area contributed by atoms with E-state index in [0.717, 1.165) is 30.9 Å². The van der Waals surface area contributed by atoms with Crippen molar-refractivity contribution < 1.29 is 19.4 Å². The number of hydrogen-bond acceptors (Lipinski definition) is 4. The van der Waals surface area contributed by atoms with Crippen molar-refractivity contribution in [1.29, 1.82) is 0 Å². The van der Waals surface area contributed by atoms with Crippen molar-refractivity contribution in [3.8, 4) is 11.5 Å². The highest BCUT2D eigenvalue weighted by Gasteiger charge is 2.32. The number of fused-ring (bicyclic) bond motifs is 1. The summed E-state index contributed by atoms with van der Waals surface area (Å²) >= 11 is 0. The van der Waals surface area contributed by atoms with Crippen LogP contribution in [-0.2, 0) is 4.79 Å². The largest absolute Gasteiger partial charge is 0.486 e. The standard InChI is InChI=1S/C15H19NO4/c17-15(18)7-8-16(11-5-6-11)9-12-10-19-13-3-1-2-4-14(13)20-12/h1-4,11-12H,5-10H2,(H,17,18). The van der Waals surface area contributed by atoms with Crippen molar-refractivity contribution in [3.05, 3.63) is 24.3 Å². The minimum atomic E-state index is -0.748. The highest BCUT2D eigenvalue weighted by molar-refractivity contribution is 5.66. The van der Waals surface area contributed by atoms with E-state index >= 15 is 0 Å². The second-order valence-electron chi connectivity index (χ2n) is 5.37. The third-order valence-corrected chi connectivity index (χ3v) is 3.68. The number of benzene rings is 1. The highest BCUT2D eigenvalue weighted by atomic mass is 16.6. The topological polar surface area (TPSA) is 59.0 Å². The summed E-state index contributed by atoms with van der Waals surface area (Å²) in [5.74, 6) is 0.812. The molecule has 2 aliphatic rings. The Morgan fingerprint density at radius 3 is 2.75 bits per heavy atom. The Hall–Kier alpha value is -1.75. The molecule has 20 heavy (non-hydrogen) atoms. The number of carbonyl (C=O) groups is 1. The van der Waals surface area contributed by atoms with Crippen LogP contribution in [0.2, 0.25) is 0 Å². The Balaban J connectivity index is 1.58. The van der Waals surface area contributed by atoms with Crippen LogP contribution in [0.4, 0.5) is 0 Å². The molecule has 1 aliphatic heterocycles. The average molecular weight is 277 g/mol. The molecule has 3 rings (SSSR count). The minimum Gasteiger partial charge on any atom is -0.486 e. The van der Waals surface area contributed by atoms with Gasteiger partial charge in [0.1, 0.15) is 12.7 Å². The first-order valence-electron chi connectivity index (χ1n) is 7.06. The fourth-order valence-corrected chi connectivity index (χ4v) is 2.52. The molecular formula is C15H19NO4. The van der Waals surface area contributed by atoms with Gasteiger partial charge in [-0.05, 0) is 25.0 Å². The Labute approximate surface area is 118 Å². The van der Waals surface area contributed by atoms with Gasteiger partial charge in [-0.1, -0.05) is 12.1 Å². The molecule has 1 unspecified atom stereocenters. The Morgan fingerprint density at radius 2 is 2.05 bits per heavy atom. The Morgan fingerprint density at radius 1 is 1.30 bits per heavy atom. The third-order valence-electron chi connectivity index (χ3n) is 3.68. The molecular weight excluding hydrogens is 258 g/mol. The van der Waals surface area contributed by atoms with E-state index in [4.69, 9.17) is 14.6 Å². The van der Waals surface area contributed by atoms with Gasteiger partial charge in [-0.15, -0.1) is 0 Å². The highest BCUT2D eigenvalue weighted by Crippen LogP contribution is 2.32. The summed E-state index contributed by atoms with van der Waals surface area (Å²) in [7, 11) is 0. The van der Waals surface area contributed by atoms with E-state index in [1.54, 1.807) is 0 Å². The van der Waals surface area contributed by atoms with Gasteiger partial charge in [-0.25, -0.2) is 0 Å². The van der Waals surface area contributed by atoms with E-state index in [0.29, 0.717) is 19.2 Å². The van der Waals surface area contributed by atoms with Crippen molar-refractivity contribution >= 4 is 5.97 Å².